The molecule has 1 aromatic heterocycles. The topological polar surface area (TPSA) is 98.1 Å². The second-order valence-electron chi connectivity index (χ2n) is 4.64. The van der Waals surface area contributed by atoms with Crippen LogP contribution in [-0.4, -0.2) is 23.5 Å². The lowest BCUT2D eigenvalue weighted by Gasteiger charge is -2.14. The first-order chi connectivity index (χ1) is 11.5. The van der Waals surface area contributed by atoms with E-state index in [0.717, 1.165) is 0 Å². The van der Waals surface area contributed by atoms with Crippen LogP contribution in [0.15, 0.2) is 46.1 Å². The van der Waals surface area contributed by atoms with Gasteiger partial charge in [-0.2, -0.15) is 5.01 Å². The third-order valence-corrected chi connectivity index (χ3v) is 2.90. The van der Waals surface area contributed by atoms with E-state index in [4.69, 9.17) is 14.9 Å². The van der Waals surface area contributed by atoms with Gasteiger partial charge in [-0.3, -0.25) is 4.79 Å². The van der Waals surface area contributed by atoms with Crippen LogP contribution in [0.2, 0.25) is 0 Å². The predicted molar refractivity (Wildman–Crippen MR) is 83.2 cm³/mol. The molecule has 7 nitrogen and oxygen atoms in total. The van der Waals surface area contributed by atoms with E-state index in [1.807, 2.05) is 0 Å². The van der Waals surface area contributed by atoms with E-state index in [2.05, 4.69) is 17.1 Å². The summed E-state index contributed by atoms with van der Waals surface area (Å²) in [5.74, 6) is 5.16. The number of furan rings is 1. The Morgan fingerprint density at radius 1 is 1.38 bits per heavy atom. The molecule has 124 valence electrons. The summed E-state index contributed by atoms with van der Waals surface area (Å²) in [7, 11) is 0. The Morgan fingerprint density at radius 3 is 2.71 bits per heavy atom. The van der Waals surface area contributed by atoms with Crippen molar-refractivity contribution in [2.24, 2.45) is 11.0 Å². The van der Waals surface area contributed by atoms with Crippen molar-refractivity contribution in [1.29, 1.82) is 0 Å². The molecule has 2 rings (SSSR count). The van der Waals surface area contributed by atoms with E-state index in [0.29, 0.717) is 10.8 Å². The second kappa shape index (κ2) is 7.89. The van der Waals surface area contributed by atoms with E-state index in [-0.39, 0.29) is 24.1 Å². The number of halogens is 1. The Balaban J connectivity index is 2.04. The largest absolute Gasteiger partial charge is 0.426 e. The number of ether oxygens (including phenoxy) is 1. The van der Waals surface area contributed by atoms with Crippen LogP contribution in [0, 0.1) is 22.6 Å². The van der Waals surface area contributed by atoms with Crippen molar-refractivity contribution in [1.82, 2.24) is 5.01 Å². The van der Waals surface area contributed by atoms with Crippen molar-refractivity contribution < 1.29 is 18.3 Å². The summed E-state index contributed by atoms with van der Waals surface area (Å²) in [6, 6.07) is 7.77. The molecular weight excluding hydrogens is 317 g/mol. The number of nitrogens with two attached hydrogens (primary N) is 1. The number of nitroso groups, excluding NO2 is 1. The van der Waals surface area contributed by atoms with Crippen molar-refractivity contribution in [2.75, 3.05) is 6.54 Å². The number of hydrogen-bond acceptors (Lipinski definition) is 6. The third-order valence-electron chi connectivity index (χ3n) is 2.90. The molecule has 1 heterocycles. The minimum atomic E-state index is -0.759. The maximum absolute atomic E-state index is 12.8. The van der Waals surface area contributed by atoms with E-state index < -0.39 is 11.9 Å². The molecule has 1 amide bonds. The summed E-state index contributed by atoms with van der Waals surface area (Å²) in [5, 5.41) is 3.26. The van der Waals surface area contributed by atoms with Crippen molar-refractivity contribution >= 4 is 5.91 Å². The fourth-order valence-corrected chi connectivity index (χ4v) is 1.72. The highest BCUT2D eigenvalue weighted by Gasteiger charge is 2.17. The lowest BCUT2D eigenvalue weighted by Crippen LogP contribution is -2.37. The van der Waals surface area contributed by atoms with Gasteiger partial charge in [0.15, 0.2) is 5.76 Å². The minimum absolute atomic E-state index is 0.168. The van der Waals surface area contributed by atoms with Crippen molar-refractivity contribution in [3.63, 3.8) is 0 Å². The van der Waals surface area contributed by atoms with Gasteiger partial charge >= 0.3 is 0 Å². The molecule has 0 bridgehead atoms. The maximum atomic E-state index is 12.8. The van der Waals surface area contributed by atoms with Gasteiger partial charge in [-0.05, 0) is 43.2 Å². The van der Waals surface area contributed by atoms with Gasteiger partial charge in [-0.1, -0.05) is 5.92 Å². The highest BCUT2D eigenvalue weighted by molar-refractivity contribution is 5.78. The van der Waals surface area contributed by atoms with Gasteiger partial charge in [-0.25, -0.2) is 4.39 Å². The monoisotopic (exact) mass is 331 g/mol. The van der Waals surface area contributed by atoms with Gasteiger partial charge in [-0.15, -0.1) is 4.91 Å². The molecule has 8 heteroatoms. The molecule has 0 aliphatic heterocycles. The highest BCUT2D eigenvalue weighted by atomic mass is 19.1. The molecule has 0 saturated heterocycles. The van der Waals surface area contributed by atoms with Crippen LogP contribution in [0.4, 0.5) is 4.39 Å². The van der Waals surface area contributed by atoms with Gasteiger partial charge in [0.2, 0.25) is 0 Å². The third kappa shape index (κ3) is 4.41. The summed E-state index contributed by atoms with van der Waals surface area (Å²) in [4.78, 5) is 22.0. The summed E-state index contributed by atoms with van der Waals surface area (Å²) in [6.07, 6.45) is 0. The molecule has 0 aliphatic carbocycles. The van der Waals surface area contributed by atoms with Crippen LogP contribution < -0.4 is 10.5 Å². The van der Waals surface area contributed by atoms with Crippen LogP contribution in [0.5, 0.6) is 11.7 Å². The Bertz CT molecular complexity index is 777. The number of carbonyl (C=O) groups is 1. The molecule has 1 unspecified atom stereocenters. The molecule has 1 aromatic carbocycles. The molecule has 2 aromatic rings. The minimum Gasteiger partial charge on any atom is -0.426 e. The number of carbonyl (C=O) groups excluding carboxylic acids is 1. The Labute approximate surface area is 137 Å². The normalized spacial score (nSPS) is 11.1. The zero-order chi connectivity index (χ0) is 17.5. The van der Waals surface area contributed by atoms with Crippen molar-refractivity contribution in [2.45, 2.75) is 13.0 Å². The SMILES string of the molecule is CC(C#Cc1ccc(Oc2ccc(F)cc2)o1)N(N=O)C(=O)CN. The van der Waals surface area contributed by atoms with Gasteiger partial charge < -0.3 is 14.9 Å². The quantitative estimate of drug-likeness (QED) is 0.515. The average molecular weight is 331 g/mol. The fraction of sp³-hybridized carbons (Fsp3) is 0.188. The van der Waals surface area contributed by atoms with Gasteiger partial charge in [0, 0.05) is 6.07 Å². The maximum Gasteiger partial charge on any atom is 0.291 e. The Hall–Kier alpha value is -3.18. The van der Waals surface area contributed by atoms with E-state index in [9.17, 15) is 14.1 Å². The van der Waals surface area contributed by atoms with Gasteiger partial charge in [0.25, 0.3) is 11.9 Å². The number of rotatable bonds is 5. The molecule has 0 saturated carbocycles. The predicted octanol–water partition coefficient (Wildman–Crippen LogP) is 2.42. The standard InChI is InChI=1S/C16H14FN3O4/c1-11(20(19-22)15(21)10-18)2-5-13-8-9-16(23-13)24-14-6-3-12(17)4-7-14/h3-4,6-9,11H,10,18H2,1H3. The first kappa shape index (κ1) is 17.2. The smallest absolute Gasteiger partial charge is 0.291 e. The van der Waals surface area contributed by atoms with Crippen molar-refractivity contribution in [3.05, 3.63) is 52.9 Å². The fourth-order valence-electron chi connectivity index (χ4n) is 1.72. The number of hydrogen-bond donors (Lipinski definition) is 1. The number of benzene rings is 1. The number of amides is 1. The first-order valence-corrected chi connectivity index (χ1v) is 6.93. The van der Waals surface area contributed by atoms with Crippen LogP contribution >= 0.6 is 0 Å². The van der Waals surface area contributed by atoms with Gasteiger partial charge in [0.1, 0.15) is 17.6 Å². The van der Waals surface area contributed by atoms with Crippen LogP contribution in [0.1, 0.15) is 12.7 Å². The van der Waals surface area contributed by atoms with Gasteiger partial charge in [0.05, 0.1) is 11.8 Å². The molecule has 0 fully saturated rings. The zero-order valence-corrected chi connectivity index (χ0v) is 12.7. The first-order valence-electron chi connectivity index (χ1n) is 6.93. The molecule has 0 spiro atoms. The Kier molecular flexibility index (Phi) is 5.65. The summed E-state index contributed by atoms with van der Waals surface area (Å²) in [5.41, 5.74) is 5.18. The highest BCUT2D eigenvalue weighted by Crippen LogP contribution is 2.23. The van der Waals surface area contributed by atoms with Crippen LogP contribution in [0.3, 0.4) is 0 Å². The van der Waals surface area contributed by atoms with E-state index in [1.165, 1.54) is 31.2 Å². The molecule has 1 atom stereocenters. The zero-order valence-electron chi connectivity index (χ0n) is 12.7. The second-order valence-corrected chi connectivity index (χ2v) is 4.64. The van der Waals surface area contributed by atoms with Crippen LogP contribution in [-0.2, 0) is 4.79 Å². The van der Waals surface area contributed by atoms with E-state index >= 15 is 0 Å². The summed E-state index contributed by atoms with van der Waals surface area (Å²) in [6.45, 7) is 1.19. The van der Waals surface area contributed by atoms with Crippen molar-refractivity contribution in [3.8, 4) is 23.5 Å². The summed E-state index contributed by atoms with van der Waals surface area (Å²) < 4.78 is 23.6. The Morgan fingerprint density at radius 2 is 2.08 bits per heavy atom. The lowest BCUT2D eigenvalue weighted by atomic mass is 10.3. The average Bonchev–Trinajstić information content (AvgIpc) is 3.03. The lowest BCUT2D eigenvalue weighted by molar-refractivity contribution is -0.130. The molecule has 0 radical (unpaired) electrons. The summed E-state index contributed by atoms with van der Waals surface area (Å²) >= 11 is 0. The number of nitrogens with zero attached hydrogens (tertiary/aromatic N) is 2. The van der Waals surface area contributed by atoms with Crippen LogP contribution in [0.25, 0.3) is 0 Å². The molecule has 0 aliphatic rings. The molecular formula is C16H14FN3O4. The molecule has 24 heavy (non-hydrogen) atoms. The van der Waals surface area contributed by atoms with E-state index in [1.54, 1.807) is 12.1 Å². The molecule has 2 N–H and O–H groups in total.